The highest BCUT2D eigenvalue weighted by Crippen LogP contribution is 2.20. The SMILES string of the molecule is COc1ccc(CCNC(N)=NCC2(O)CCOCC2)cc1.I. The maximum atomic E-state index is 10.3. The summed E-state index contributed by atoms with van der Waals surface area (Å²) in [4.78, 5) is 4.24. The lowest BCUT2D eigenvalue weighted by Gasteiger charge is -2.30. The van der Waals surface area contributed by atoms with Crippen molar-refractivity contribution >= 4 is 29.9 Å². The molecule has 1 fully saturated rings. The number of guanidine groups is 1. The molecule has 0 aromatic heterocycles. The molecule has 130 valence electrons. The van der Waals surface area contributed by atoms with E-state index in [1.807, 2.05) is 24.3 Å². The van der Waals surface area contributed by atoms with Crippen molar-refractivity contribution in [3.05, 3.63) is 29.8 Å². The second kappa shape index (κ2) is 9.94. The molecule has 1 aromatic carbocycles. The van der Waals surface area contributed by atoms with E-state index in [0.29, 0.717) is 45.1 Å². The van der Waals surface area contributed by atoms with Crippen LogP contribution in [0.1, 0.15) is 18.4 Å². The van der Waals surface area contributed by atoms with E-state index in [0.717, 1.165) is 12.2 Å². The molecule has 23 heavy (non-hydrogen) atoms. The van der Waals surface area contributed by atoms with Crippen LogP contribution in [0.2, 0.25) is 0 Å². The molecule has 0 radical (unpaired) electrons. The smallest absolute Gasteiger partial charge is 0.188 e. The number of benzene rings is 1. The number of nitrogens with one attached hydrogen (secondary N) is 1. The highest BCUT2D eigenvalue weighted by molar-refractivity contribution is 14.0. The zero-order valence-corrected chi connectivity index (χ0v) is 15.8. The van der Waals surface area contributed by atoms with Gasteiger partial charge in [-0.15, -0.1) is 24.0 Å². The van der Waals surface area contributed by atoms with Crippen molar-refractivity contribution in [2.75, 3.05) is 33.4 Å². The largest absolute Gasteiger partial charge is 0.497 e. The number of methoxy groups -OCH3 is 1. The van der Waals surface area contributed by atoms with Crippen LogP contribution in [-0.2, 0) is 11.2 Å². The van der Waals surface area contributed by atoms with E-state index in [9.17, 15) is 5.11 Å². The number of ether oxygens (including phenoxy) is 2. The summed E-state index contributed by atoms with van der Waals surface area (Å²) in [6.45, 7) is 2.18. The molecule has 4 N–H and O–H groups in total. The van der Waals surface area contributed by atoms with Gasteiger partial charge in [0.2, 0.25) is 0 Å². The summed E-state index contributed by atoms with van der Waals surface area (Å²) in [5.74, 6) is 1.22. The van der Waals surface area contributed by atoms with E-state index in [2.05, 4.69) is 10.3 Å². The Morgan fingerprint density at radius 1 is 1.35 bits per heavy atom. The quantitative estimate of drug-likeness (QED) is 0.356. The summed E-state index contributed by atoms with van der Waals surface area (Å²) in [6, 6.07) is 7.93. The molecule has 1 saturated heterocycles. The van der Waals surface area contributed by atoms with Crippen molar-refractivity contribution in [3.63, 3.8) is 0 Å². The van der Waals surface area contributed by atoms with Gasteiger partial charge in [-0.1, -0.05) is 12.1 Å². The first-order valence-corrected chi connectivity index (χ1v) is 7.58. The molecule has 1 aliphatic heterocycles. The van der Waals surface area contributed by atoms with Gasteiger partial charge in [0.15, 0.2) is 5.96 Å². The van der Waals surface area contributed by atoms with Gasteiger partial charge in [0.25, 0.3) is 0 Å². The lowest BCUT2D eigenvalue weighted by molar-refractivity contribution is -0.0565. The van der Waals surface area contributed by atoms with E-state index in [-0.39, 0.29) is 24.0 Å². The third kappa shape index (κ3) is 6.92. The Bertz CT molecular complexity index is 488. The molecule has 1 aliphatic rings. The fourth-order valence-electron chi connectivity index (χ4n) is 2.32. The van der Waals surface area contributed by atoms with Gasteiger partial charge in [-0.2, -0.15) is 0 Å². The number of nitrogens with two attached hydrogens (primary N) is 1. The number of rotatable bonds is 6. The molecule has 1 heterocycles. The van der Waals surface area contributed by atoms with Gasteiger partial charge in [0, 0.05) is 32.6 Å². The molecule has 1 aromatic rings. The van der Waals surface area contributed by atoms with Crippen LogP contribution in [0.4, 0.5) is 0 Å². The normalized spacial score (nSPS) is 17.2. The predicted octanol–water partition coefficient (Wildman–Crippen LogP) is 1.30. The minimum absolute atomic E-state index is 0. The van der Waals surface area contributed by atoms with Crippen molar-refractivity contribution in [1.29, 1.82) is 0 Å². The Morgan fingerprint density at radius 3 is 2.61 bits per heavy atom. The molecule has 7 heteroatoms. The van der Waals surface area contributed by atoms with E-state index >= 15 is 0 Å². The summed E-state index contributed by atoms with van der Waals surface area (Å²) in [5.41, 5.74) is 6.26. The van der Waals surface area contributed by atoms with Crippen LogP contribution in [0.3, 0.4) is 0 Å². The third-order valence-corrected chi connectivity index (χ3v) is 3.85. The fraction of sp³-hybridized carbons (Fsp3) is 0.562. The summed E-state index contributed by atoms with van der Waals surface area (Å²) in [5, 5.41) is 13.4. The van der Waals surface area contributed by atoms with Gasteiger partial charge >= 0.3 is 0 Å². The van der Waals surface area contributed by atoms with Crippen LogP contribution in [0.25, 0.3) is 0 Å². The maximum Gasteiger partial charge on any atom is 0.188 e. The van der Waals surface area contributed by atoms with Crippen molar-refractivity contribution in [3.8, 4) is 5.75 Å². The number of aliphatic hydroxyl groups is 1. The van der Waals surface area contributed by atoms with E-state index in [1.54, 1.807) is 7.11 Å². The van der Waals surface area contributed by atoms with Crippen molar-refractivity contribution in [2.45, 2.75) is 24.9 Å². The van der Waals surface area contributed by atoms with E-state index in [4.69, 9.17) is 15.2 Å². The maximum absolute atomic E-state index is 10.3. The standard InChI is InChI=1S/C16H25N3O3.HI/c1-21-14-4-2-13(3-5-14)6-9-18-15(17)19-12-16(20)7-10-22-11-8-16;/h2-5,20H,6-12H2,1H3,(H3,17,18,19);1H. The lowest BCUT2D eigenvalue weighted by Crippen LogP contribution is -2.41. The Labute approximate surface area is 154 Å². The molecule has 2 rings (SSSR count). The Balaban J connectivity index is 0.00000264. The van der Waals surface area contributed by atoms with Crippen LogP contribution in [0.15, 0.2) is 29.3 Å². The van der Waals surface area contributed by atoms with Crippen LogP contribution in [0.5, 0.6) is 5.75 Å². The molecule has 0 bridgehead atoms. The van der Waals surface area contributed by atoms with Crippen molar-refractivity contribution < 1.29 is 14.6 Å². The number of aliphatic imine (C=N–C) groups is 1. The number of hydrogen-bond donors (Lipinski definition) is 3. The van der Waals surface area contributed by atoms with Crippen LogP contribution in [0, 0.1) is 0 Å². The number of hydrogen-bond acceptors (Lipinski definition) is 4. The van der Waals surface area contributed by atoms with Gasteiger partial charge in [-0.05, 0) is 24.1 Å². The first-order chi connectivity index (χ1) is 10.6. The molecule has 0 spiro atoms. The van der Waals surface area contributed by atoms with Gasteiger partial charge in [0.05, 0.1) is 19.3 Å². The average molecular weight is 435 g/mol. The van der Waals surface area contributed by atoms with Crippen LogP contribution in [-0.4, -0.2) is 50.1 Å². The second-order valence-electron chi connectivity index (χ2n) is 5.56. The zero-order chi connectivity index (χ0) is 15.8. The minimum Gasteiger partial charge on any atom is -0.497 e. The minimum atomic E-state index is -0.777. The Kier molecular flexibility index (Phi) is 8.64. The Morgan fingerprint density at radius 2 is 2.00 bits per heavy atom. The molecular weight excluding hydrogens is 409 g/mol. The van der Waals surface area contributed by atoms with E-state index < -0.39 is 5.60 Å². The summed E-state index contributed by atoms with van der Waals surface area (Å²) in [7, 11) is 1.65. The third-order valence-electron chi connectivity index (χ3n) is 3.85. The highest BCUT2D eigenvalue weighted by atomic mass is 127. The second-order valence-corrected chi connectivity index (χ2v) is 5.56. The van der Waals surface area contributed by atoms with Gasteiger partial charge in [-0.25, -0.2) is 0 Å². The Hall–Kier alpha value is -1.06. The van der Waals surface area contributed by atoms with E-state index in [1.165, 1.54) is 5.56 Å². The van der Waals surface area contributed by atoms with Crippen LogP contribution < -0.4 is 15.8 Å². The predicted molar refractivity (Wildman–Crippen MR) is 102 cm³/mol. The van der Waals surface area contributed by atoms with Crippen molar-refractivity contribution in [1.82, 2.24) is 5.32 Å². The molecule has 0 atom stereocenters. The summed E-state index contributed by atoms with van der Waals surface area (Å²) < 4.78 is 10.4. The van der Waals surface area contributed by atoms with Gasteiger partial charge in [0.1, 0.15) is 5.75 Å². The lowest BCUT2D eigenvalue weighted by atomic mass is 9.95. The molecule has 6 nitrogen and oxygen atoms in total. The highest BCUT2D eigenvalue weighted by Gasteiger charge is 2.29. The molecule has 0 amide bonds. The first kappa shape index (κ1) is 20.0. The zero-order valence-electron chi connectivity index (χ0n) is 13.5. The first-order valence-electron chi connectivity index (χ1n) is 7.58. The monoisotopic (exact) mass is 435 g/mol. The van der Waals surface area contributed by atoms with Gasteiger partial charge < -0.3 is 25.6 Å². The average Bonchev–Trinajstić information content (AvgIpc) is 2.54. The summed E-state index contributed by atoms with van der Waals surface area (Å²) in [6.07, 6.45) is 2.06. The topological polar surface area (TPSA) is 89.1 Å². The molecule has 0 saturated carbocycles. The molecule has 0 aliphatic carbocycles. The van der Waals surface area contributed by atoms with Crippen molar-refractivity contribution in [2.24, 2.45) is 10.7 Å². The fourth-order valence-corrected chi connectivity index (χ4v) is 2.32. The molecule has 0 unspecified atom stereocenters. The summed E-state index contributed by atoms with van der Waals surface area (Å²) >= 11 is 0. The molecular formula is C16H26IN3O3. The van der Waals surface area contributed by atoms with Crippen LogP contribution >= 0.6 is 24.0 Å². The number of nitrogens with zero attached hydrogens (tertiary/aromatic N) is 1. The van der Waals surface area contributed by atoms with Gasteiger partial charge in [-0.3, -0.25) is 4.99 Å². The number of halogens is 1.